The van der Waals surface area contributed by atoms with Crippen molar-refractivity contribution in [1.82, 2.24) is 9.97 Å². The highest BCUT2D eigenvalue weighted by Gasteiger charge is 2.21. The van der Waals surface area contributed by atoms with Crippen molar-refractivity contribution in [3.05, 3.63) is 24.3 Å². The molecule has 1 aliphatic rings. The average molecular weight is 272 g/mol. The smallest absolute Gasteiger partial charge is 0.172 e. The van der Waals surface area contributed by atoms with Crippen LogP contribution in [0.2, 0.25) is 0 Å². The molecule has 2 aromatic rings. The number of hydrogen-bond donors (Lipinski definition) is 1. The summed E-state index contributed by atoms with van der Waals surface area (Å²) in [7, 11) is 1.97. The van der Waals surface area contributed by atoms with Gasteiger partial charge in [-0.05, 0) is 30.9 Å². The molecule has 0 amide bonds. The molecule has 0 saturated heterocycles. The van der Waals surface area contributed by atoms with Crippen LogP contribution in [0, 0.1) is 5.92 Å². The number of ether oxygens (including phenoxy) is 1. The zero-order valence-corrected chi connectivity index (χ0v) is 11.7. The van der Waals surface area contributed by atoms with Crippen LogP contribution in [0.15, 0.2) is 24.3 Å². The number of nitrogen functional groups attached to an aromatic ring is 1. The van der Waals surface area contributed by atoms with Crippen molar-refractivity contribution in [2.45, 2.75) is 12.8 Å². The molecule has 0 atom stereocenters. The van der Waals surface area contributed by atoms with E-state index >= 15 is 0 Å². The van der Waals surface area contributed by atoms with E-state index in [0.29, 0.717) is 12.4 Å². The SMILES string of the molecule is CN(CCOCC1CC1)c1nc2ccccc2nc1N. The monoisotopic (exact) mass is 272 g/mol. The molecule has 106 valence electrons. The Morgan fingerprint density at radius 2 is 1.95 bits per heavy atom. The molecule has 5 nitrogen and oxygen atoms in total. The number of nitrogens with two attached hydrogens (primary N) is 1. The first-order chi connectivity index (χ1) is 9.74. The first-order valence-corrected chi connectivity index (χ1v) is 7.05. The molecule has 20 heavy (non-hydrogen) atoms. The van der Waals surface area contributed by atoms with E-state index in [4.69, 9.17) is 10.5 Å². The van der Waals surface area contributed by atoms with E-state index < -0.39 is 0 Å². The zero-order valence-electron chi connectivity index (χ0n) is 11.7. The van der Waals surface area contributed by atoms with Crippen LogP contribution in [-0.4, -0.2) is 36.8 Å². The molecule has 0 bridgehead atoms. The lowest BCUT2D eigenvalue weighted by Crippen LogP contribution is -2.25. The summed E-state index contributed by atoms with van der Waals surface area (Å²) in [5.41, 5.74) is 7.68. The number of para-hydroxylation sites is 2. The Balaban J connectivity index is 1.66. The molecule has 1 aromatic carbocycles. The highest BCUT2D eigenvalue weighted by atomic mass is 16.5. The molecular weight excluding hydrogens is 252 g/mol. The van der Waals surface area contributed by atoms with Gasteiger partial charge in [0.05, 0.1) is 17.6 Å². The third-order valence-corrected chi connectivity index (χ3v) is 3.56. The second-order valence-corrected chi connectivity index (χ2v) is 5.36. The van der Waals surface area contributed by atoms with Crippen molar-refractivity contribution in [2.24, 2.45) is 5.92 Å². The van der Waals surface area contributed by atoms with Crippen LogP contribution in [0.5, 0.6) is 0 Å². The van der Waals surface area contributed by atoms with Gasteiger partial charge < -0.3 is 15.4 Å². The number of benzene rings is 1. The number of anilines is 2. The van der Waals surface area contributed by atoms with Crippen molar-refractivity contribution < 1.29 is 4.74 Å². The number of likely N-dealkylation sites (N-methyl/N-ethyl adjacent to an activating group) is 1. The fourth-order valence-corrected chi connectivity index (χ4v) is 2.13. The number of nitrogens with zero attached hydrogens (tertiary/aromatic N) is 3. The van der Waals surface area contributed by atoms with Gasteiger partial charge in [0.2, 0.25) is 0 Å². The molecule has 0 spiro atoms. The van der Waals surface area contributed by atoms with Gasteiger partial charge in [0.1, 0.15) is 0 Å². The zero-order chi connectivity index (χ0) is 13.9. The van der Waals surface area contributed by atoms with Crippen LogP contribution in [0.3, 0.4) is 0 Å². The maximum absolute atomic E-state index is 5.99. The van der Waals surface area contributed by atoms with Crippen LogP contribution in [-0.2, 0) is 4.74 Å². The third-order valence-electron chi connectivity index (χ3n) is 3.56. The fourth-order valence-electron chi connectivity index (χ4n) is 2.13. The normalized spacial score (nSPS) is 14.7. The van der Waals surface area contributed by atoms with Crippen LogP contribution in [0.25, 0.3) is 11.0 Å². The third kappa shape index (κ3) is 2.99. The maximum Gasteiger partial charge on any atom is 0.172 e. The predicted octanol–water partition coefficient (Wildman–Crippen LogP) is 2.07. The average Bonchev–Trinajstić information content (AvgIpc) is 3.27. The van der Waals surface area contributed by atoms with Gasteiger partial charge in [-0.1, -0.05) is 12.1 Å². The topological polar surface area (TPSA) is 64.3 Å². The van der Waals surface area contributed by atoms with Crippen molar-refractivity contribution in [3.63, 3.8) is 0 Å². The Hall–Kier alpha value is -1.88. The maximum atomic E-state index is 5.99. The largest absolute Gasteiger partial charge is 0.381 e. The van der Waals surface area contributed by atoms with E-state index in [0.717, 1.165) is 35.9 Å². The first kappa shape index (κ1) is 13.1. The summed E-state index contributed by atoms with van der Waals surface area (Å²) in [5, 5.41) is 0. The predicted molar refractivity (Wildman–Crippen MR) is 80.8 cm³/mol. The summed E-state index contributed by atoms with van der Waals surface area (Å²) in [6.07, 6.45) is 2.64. The van der Waals surface area contributed by atoms with E-state index in [1.54, 1.807) is 0 Å². The van der Waals surface area contributed by atoms with Crippen molar-refractivity contribution >= 4 is 22.7 Å². The minimum Gasteiger partial charge on any atom is -0.381 e. The molecule has 0 unspecified atom stereocenters. The molecule has 2 N–H and O–H groups in total. The summed E-state index contributed by atoms with van der Waals surface area (Å²) in [6, 6.07) is 7.76. The van der Waals surface area contributed by atoms with Crippen LogP contribution in [0.1, 0.15) is 12.8 Å². The Labute approximate surface area is 118 Å². The molecule has 1 aromatic heterocycles. The van der Waals surface area contributed by atoms with Gasteiger partial charge in [0.15, 0.2) is 11.6 Å². The number of hydrogen-bond acceptors (Lipinski definition) is 5. The Morgan fingerprint density at radius 1 is 1.25 bits per heavy atom. The lowest BCUT2D eigenvalue weighted by atomic mass is 10.3. The number of aromatic nitrogens is 2. The molecule has 1 fully saturated rings. The fraction of sp³-hybridized carbons (Fsp3) is 0.467. The van der Waals surface area contributed by atoms with Crippen molar-refractivity contribution in [3.8, 4) is 0 Å². The molecule has 0 aliphatic heterocycles. The summed E-state index contributed by atoms with van der Waals surface area (Å²) in [5.74, 6) is 1.98. The highest BCUT2D eigenvalue weighted by molar-refractivity contribution is 5.79. The van der Waals surface area contributed by atoms with Gasteiger partial charge in [0.25, 0.3) is 0 Å². The van der Waals surface area contributed by atoms with Gasteiger partial charge in [-0.15, -0.1) is 0 Å². The first-order valence-electron chi connectivity index (χ1n) is 7.05. The molecule has 1 heterocycles. The van der Waals surface area contributed by atoms with Gasteiger partial charge in [-0.2, -0.15) is 0 Å². The van der Waals surface area contributed by atoms with Gasteiger partial charge in [-0.3, -0.25) is 0 Å². The van der Waals surface area contributed by atoms with E-state index in [-0.39, 0.29) is 0 Å². The molecule has 3 rings (SSSR count). The van der Waals surface area contributed by atoms with Gasteiger partial charge >= 0.3 is 0 Å². The van der Waals surface area contributed by atoms with Gasteiger partial charge in [-0.25, -0.2) is 9.97 Å². The Bertz CT molecular complexity index is 597. The number of fused-ring (bicyclic) bond motifs is 1. The van der Waals surface area contributed by atoms with E-state index in [2.05, 4.69) is 9.97 Å². The Kier molecular flexibility index (Phi) is 3.69. The Morgan fingerprint density at radius 3 is 2.65 bits per heavy atom. The standard InChI is InChI=1S/C15H20N4O/c1-19(8-9-20-10-11-6-7-11)15-14(16)17-12-4-2-3-5-13(12)18-15/h2-5,11H,6-10H2,1H3,(H2,16,17). The van der Waals surface area contributed by atoms with E-state index in [9.17, 15) is 0 Å². The molecule has 1 saturated carbocycles. The van der Waals surface area contributed by atoms with Crippen molar-refractivity contribution in [2.75, 3.05) is 37.4 Å². The van der Waals surface area contributed by atoms with E-state index in [1.165, 1.54) is 12.8 Å². The summed E-state index contributed by atoms with van der Waals surface area (Å²) in [6.45, 7) is 2.34. The minimum atomic E-state index is 0.466. The molecular formula is C15H20N4O. The summed E-state index contributed by atoms with van der Waals surface area (Å²) in [4.78, 5) is 11.0. The lowest BCUT2D eigenvalue weighted by molar-refractivity contribution is 0.131. The highest BCUT2D eigenvalue weighted by Crippen LogP contribution is 2.28. The van der Waals surface area contributed by atoms with Crippen LogP contribution in [0.4, 0.5) is 11.6 Å². The van der Waals surface area contributed by atoms with Crippen LogP contribution < -0.4 is 10.6 Å². The molecule has 5 heteroatoms. The summed E-state index contributed by atoms with van der Waals surface area (Å²) >= 11 is 0. The lowest BCUT2D eigenvalue weighted by Gasteiger charge is -2.19. The number of rotatable bonds is 6. The summed E-state index contributed by atoms with van der Waals surface area (Å²) < 4.78 is 5.65. The molecule has 0 radical (unpaired) electrons. The second-order valence-electron chi connectivity index (χ2n) is 5.36. The second kappa shape index (κ2) is 5.63. The quantitative estimate of drug-likeness (QED) is 0.816. The minimum absolute atomic E-state index is 0.466. The van der Waals surface area contributed by atoms with E-state index in [1.807, 2.05) is 36.2 Å². The van der Waals surface area contributed by atoms with Gasteiger partial charge in [0, 0.05) is 20.2 Å². The molecule has 1 aliphatic carbocycles. The van der Waals surface area contributed by atoms with Crippen molar-refractivity contribution in [1.29, 1.82) is 0 Å². The van der Waals surface area contributed by atoms with Crippen LogP contribution >= 0.6 is 0 Å².